The molecule has 0 spiro atoms. The Bertz CT molecular complexity index is 1190. The van der Waals surface area contributed by atoms with Crippen LogP contribution in [0.25, 0.3) is 0 Å². The van der Waals surface area contributed by atoms with E-state index in [1.165, 1.54) is 19.2 Å². The molecule has 1 heterocycles. The predicted octanol–water partition coefficient (Wildman–Crippen LogP) is 3.87. The van der Waals surface area contributed by atoms with Crippen LogP contribution in [0, 0.1) is 0 Å². The van der Waals surface area contributed by atoms with Gasteiger partial charge in [-0.25, -0.2) is 8.42 Å². The molecule has 1 atom stereocenters. The molecule has 1 aliphatic rings. The second-order valence-corrected chi connectivity index (χ2v) is 9.30. The second kappa shape index (κ2) is 8.43. The molecular weight excluding hydrogens is 412 g/mol. The summed E-state index contributed by atoms with van der Waals surface area (Å²) < 4.78 is 33.7. The minimum absolute atomic E-state index is 0.0520. The molecule has 6 nitrogen and oxygen atoms in total. The van der Waals surface area contributed by atoms with Crippen LogP contribution in [0.15, 0.2) is 83.8 Å². The van der Waals surface area contributed by atoms with Gasteiger partial charge in [0, 0.05) is 11.7 Å². The van der Waals surface area contributed by atoms with Gasteiger partial charge in [0.15, 0.2) is 0 Å². The summed E-state index contributed by atoms with van der Waals surface area (Å²) in [4.78, 5) is 15.3. The fourth-order valence-corrected chi connectivity index (χ4v) is 5.45. The lowest BCUT2D eigenvalue weighted by Gasteiger charge is -2.29. The van der Waals surface area contributed by atoms with Gasteiger partial charge in [0.05, 0.1) is 17.7 Å². The first-order chi connectivity index (χ1) is 14.9. The van der Waals surface area contributed by atoms with Crippen LogP contribution >= 0.6 is 0 Å². The van der Waals surface area contributed by atoms with Crippen LogP contribution in [0.3, 0.4) is 0 Å². The number of carbonyl (C=O) groups is 1. The third-order valence-corrected chi connectivity index (χ3v) is 7.21. The first-order valence-corrected chi connectivity index (χ1v) is 11.5. The Balaban J connectivity index is 1.76. The molecule has 3 aromatic carbocycles. The standard InChI is InChI=1S/C24H24N2O4S/c1-18-16-19-10-6-7-13-21(19)26(18)24(27)17-25(22-14-8-9-15-23(22)30-2)31(28,29)20-11-4-3-5-12-20/h3-15,18H,16-17H2,1-2H3/t18-/m1/s1. The van der Waals surface area contributed by atoms with Crippen molar-refractivity contribution in [1.82, 2.24) is 0 Å². The van der Waals surface area contributed by atoms with E-state index in [0.29, 0.717) is 11.4 Å². The number of amides is 1. The van der Waals surface area contributed by atoms with Crippen LogP contribution in [0.5, 0.6) is 5.75 Å². The molecule has 0 aliphatic carbocycles. The molecule has 7 heteroatoms. The number of benzene rings is 3. The van der Waals surface area contributed by atoms with Crippen molar-refractivity contribution in [3.8, 4) is 5.75 Å². The SMILES string of the molecule is COc1ccccc1N(CC(=O)N1c2ccccc2C[C@H]1C)S(=O)(=O)c1ccccc1. The maximum Gasteiger partial charge on any atom is 0.264 e. The van der Waals surface area contributed by atoms with Gasteiger partial charge in [-0.1, -0.05) is 48.5 Å². The van der Waals surface area contributed by atoms with Gasteiger partial charge in [0.25, 0.3) is 10.0 Å². The van der Waals surface area contributed by atoms with E-state index in [1.807, 2.05) is 31.2 Å². The summed E-state index contributed by atoms with van der Waals surface area (Å²) in [5.41, 5.74) is 2.23. The van der Waals surface area contributed by atoms with E-state index >= 15 is 0 Å². The van der Waals surface area contributed by atoms with Gasteiger partial charge < -0.3 is 9.64 Å². The Kier molecular flexibility index (Phi) is 5.69. The van der Waals surface area contributed by atoms with Gasteiger partial charge >= 0.3 is 0 Å². The Labute approximate surface area is 182 Å². The van der Waals surface area contributed by atoms with Crippen LogP contribution in [-0.4, -0.2) is 34.0 Å². The first kappa shape index (κ1) is 20.9. The Morgan fingerprint density at radius 1 is 1.00 bits per heavy atom. The van der Waals surface area contributed by atoms with Crippen LogP contribution in [0.1, 0.15) is 12.5 Å². The zero-order chi connectivity index (χ0) is 22.0. The highest BCUT2D eigenvalue weighted by molar-refractivity contribution is 7.92. The molecule has 3 aromatic rings. The zero-order valence-electron chi connectivity index (χ0n) is 17.4. The Hall–Kier alpha value is -3.32. The number of ether oxygens (including phenoxy) is 1. The van der Waals surface area contributed by atoms with Crippen molar-refractivity contribution in [2.75, 3.05) is 22.9 Å². The van der Waals surface area contributed by atoms with E-state index in [9.17, 15) is 13.2 Å². The third kappa shape index (κ3) is 3.88. The maximum atomic E-state index is 13.6. The molecule has 4 rings (SSSR count). The van der Waals surface area contributed by atoms with Crippen LogP contribution in [-0.2, 0) is 21.2 Å². The predicted molar refractivity (Wildman–Crippen MR) is 121 cm³/mol. The highest BCUT2D eigenvalue weighted by atomic mass is 32.2. The molecule has 0 saturated heterocycles. The highest BCUT2D eigenvalue weighted by Gasteiger charge is 2.35. The molecule has 0 aromatic heterocycles. The third-order valence-electron chi connectivity index (χ3n) is 5.44. The highest BCUT2D eigenvalue weighted by Crippen LogP contribution is 2.35. The molecule has 0 bridgehead atoms. The van der Waals surface area contributed by atoms with E-state index < -0.39 is 10.0 Å². The zero-order valence-corrected chi connectivity index (χ0v) is 18.2. The summed E-state index contributed by atoms with van der Waals surface area (Å²) in [7, 11) is -2.52. The van der Waals surface area contributed by atoms with E-state index in [4.69, 9.17) is 4.74 Å². The van der Waals surface area contributed by atoms with Gasteiger partial charge in [-0.15, -0.1) is 0 Å². The van der Waals surface area contributed by atoms with Crippen molar-refractivity contribution in [2.24, 2.45) is 0 Å². The molecule has 1 aliphatic heterocycles. The molecule has 31 heavy (non-hydrogen) atoms. The number of para-hydroxylation sites is 3. The monoisotopic (exact) mass is 436 g/mol. The van der Waals surface area contributed by atoms with E-state index in [2.05, 4.69) is 0 Å². The summed E-state index contributed by atoms with van der Waals surface area (Å²) in [6.45, 7) is 1.63. The molecule has 0 radical (unpaired) electrons. The number of methoxy groups -OCH3 is 1. The number of nitrogens with zero attached hydrogens (tertiary/aromatic N) is 2. The van der Waals surface area contributed by atoms with Gasteiger partial charge in [-0.05, 0) is 49.2 Å². The number of sulfonamides is 1. The number of fused-ring (bicyclic) bond motifs is 1. The smallest absolute Gasteiger partial charge is 0.264 e. The maximum absolute atomic E-state index is 13.6. The van der Waals surface area contributed by atoms with Gasteiger partial charge in [-0.3, -0.25) is 9.10 Å². The summed E-state index contributed by atoms with van der Waals surface area (Å²) in [6, 6.07) is 22.6. The second-order valence-electron chi connectivity index (χ2n) is 7.44. The lowest BCUT2D eigenvalue weighted by atomic mass is 10.1. The van der Waals surface area contributed by atoms with Crippen molar-refractivity contribution >= 4 is 27.3 Å². The van der Waals surface area contributed by atoms with E-state index in [-0.39, 0.29) is 23.4 Å². The minimum atomic E-state index is -4.00. The van der Waals surface area contributed by atoms with Crippen molar-refractivity contribution in [2.45, 2.75) is 24.3 Å². The van der Waals surface area contributed by atoms with Crippen LogP contribution < -0.4 is 13.9 Å². The molecule has 0 unspecified atom stereocenters. The van der Waals surface area contributed by atoms with Crippen molar-refractivity contribution in [1.29, 1.82) is 0 Å². The molecular formula is C24H24N2O4S. The number of hydrogen-bond donors (Lipinski definition) is 0. The topological polar surface area (TPSA) is 66.9 Å². The molecule has 0 saturated carbocycles. The summed E-state index contributed by atoms with van der Waals surface area (Å²) in [5, 5.41) is 0. The van der Waals surface area contributed by atoms with Gasteiger partial charge in [0.1, 0.15) is 12.3 Å². The summed E-state index contributed by atoms with van der Waals surface area (Å²) in [5.74, 6) is 0.0903. The van der Waals surface area contributed by atoms with Crippen molar-refractivity contribution < 1.29 is 17.9 Å². The Morgan fingerprint density at radius 3 is 2.39 bits per heavy atom. The van der Waals surface area contributed by atoms with Crippen molar-refractivity contribution in [3.05, 3.63) is 84.4 Å². The average Bonchev–Trinajstić information content (AvgIpc) is 3.13. The largest absolute Gasteiger partial charge is 0.495 e. The molecule has 1 amide bonds. The first-order valence-electron chi connectivity index (χ1n) is 10.0. The number of carbonyl (C=O) groups excluding carboxylic acids is 1. The number of anilines is 2. The Morgan fingerprint density at radius 2 is 1.65 bits per heavy atom. The fraction of sp³-hybridized carbons (Fsp3) is 0.208. The lowest BCUT2D eigenvalue weighted by molar-refractivity contribution is -0.117. The molecule has 0 fully saturated rings. The average molecular weight is 437 g/mol. The summed E-state index contributed by atoms with van der Waals surface area (Å²) >= 11 is 0. The van der Waals surface area contributed by atoms with Crippen molar-refractivity contribution in [3.63, 3.8) is 0 Å². The lowest BCUT2D eigenvalue weighted by Crippen LogP contribution is -2.45. The van der Waals surface area contributed by atoms with E-state index in [0.717, 1.165) is 22.0 Å². The van der Waals surface area contributed by atoms with Crippen LogP contribution in [0.4, 0.5) is 11.4 Å². The molecule has 160 valence electrons. The fourth-order valence-electron chi connectivity index (χ4n) is 4.00. The minimum Gasteiger partial charge on any atom is -0.495 e. The van der Waals surface area contributed by atoms with Gasteiger partial charge in [-0.2, -0.15) is 0 Å². The summed E-state index contributed by atoms with van der Waals surface area (Å²) in [6.07, 6.45) is 0.738. The number of hydrogen-bond acceptors (Lipinski definition) is 4. The number of rotatable bonds is 6. The van der Waals surface area contributed by atoms with Gasteiger partial charge in [0.2, 0.25) is 5.91 Å². The quantitative estimate of drug-likeness (QED) is 0.588. The molecule has 0 N–H and O–H groups in total. The van der Waals surface area contributed by atoms with E-state index in [1.54, 1.807) is 47.4 Å². The normalized spacial score (nSPS) is 15.4. The van der Waals surface area contributed by atoms with Crippen LogP contribution in [0.2, 0.25) is 0 Å².